The fourth-order valence-corrected chi connectivity index (χ4v) is 3.76. The maximum atomic E-state index is 4.30. The summed E-state index contributed by atoms with van der Waals surface area (Å²) in [7, 11) is 0. The maximum Gasteiger partial charge on any atom is 0.205 e. The highest BCUT2D eigenvalue weighted by atomic mass is 32.1. The highest BCUT2D eigenvalue weighted by Crippen LogP contribution is 2.38. The molecular weight excluding hydrogens is 268 g/mol. The van der Waals surface area contributed by atoms with E-state index in [-0.39, 0.29) is 0 Å². The van der Waals surface area contributed by atoms with Crippen LogP contribution < -0.4 is 5.32 Å². The van der Waals surface area contributed by atoms with E-state index in [9.17, 15) is 0 Å². The molecule has 0 unspecified atom stereocenters. The number of nitrogens with zero attached hydrogens (tertiary/aromatic N) is 3. The number of rotatable bonds is 7. The highest BCUT2D eigenvalue weighted by molar-refractivity contribution is 7.15. The van der Waals surface area contributed by atoms with Crippen LogP contribution in [0.2, 0.25) is 0 Å². The van der Waals surface area contributed by atoms with Crippen molar-refractivity contribution >= 4 is 16.5 Å². The van der Waals surface area contributed by atoms with Gasteiger partial charge in [0.25, 0.3) is 0 Å². The second kappa shape index (κ2) is 7.36. The van der Waals surface area contributed by atoms with Gasteiger partial charge in [0.1, 0.15) is 5.01 Å². The van der Waals surface area contributed by atoms with Crippen LogP contribution in [-0.4, -0.2) is 34.7 Å². The molecule has 4 nitrogen and oxygen atoms in total. The molecule has 1 aromatic rings. The number of nitrogens with one attached hydrogen (secondary N) is 1. The fourth-order valence-electron chi connectivity index (χ4n) is 2.95. The fraction of sp³-hybridized carbons (Fsp3) is 0.867. The predicted molar refractivity (Wildman–Crippen MR) is 86.2 cm³/mol. The van der Waals surface area contributed by atoms with Crippen molar-refractivity contribution in [1.82, 2.24) is 15.1 Å². The van der Waals surface area contributed by atoms with Crippen LogP contribution in [0.3, 0.4) is 0 Å². The van der Waals surface area contributed by atoms with Gasteiger partial charge in [-0.25, -0.2) is 0 Å². The number of hydrogen-bond donors (Lipinski definition) is 1. The largest absolute Gasteiger partial charge is 0.360 e. The Bertz CT molecular complexity index is 390. The molecule has 0 aliphatic carbocycles. The molecule has 114 valence electrons. The van der Waals surface area contributed by atoms with E-state index in [0.29, 0.717) is 5.41 Å². The van der Waals surface area contributed by atoms with Crippen LogP contribution in [-0.2, 0) is 6.54 Å². The molecule has 0 saturated carbocycles. The number of piperidine rings is 1. The predicted octanol–water partition coefficient (Wildman–Crippen LogP) is 3.76. The Morgan fingerprint density at radius 2 is 1.85 bits per heavy atom. The van der Waals surface area contributed by atoms with Crippen molar-refractivity contribution in [3.8, 4) is 0 Å². The van der Waals surface area contributed by atoms with E-state index in [1.165, 1.54) is 38.8 Å². The van der Waals surface area contributed by atoms with Gasteiger partial charge in [-0.05, 0) is 37.8 Å². The SMILES string of the molecule is CCCNc1nnc(CN2CCC(CC)(CC)CC2)s1. The number of anilines is 1. The summed E-state index contributed by atoms with van der Waals surface area (Å²) in [6.45, 7) is 11.2. The van der Waals surface area contributed by atoms with Crippen molar-refractivity contribution in [2.24, 2.45) is 5.41 Å². The second-order valence-electron chi connectivity index (χ2n) is 5.91. The molecule has 2 heterocycles. The topological polar surface area (TPSA) is 41.1 Å². The average molecular weight is 296 g/mol. The van der Waals surface area contributed by atoms with Gasteiger partial charge in [-0.2, -0.15) is 0 Å². The summed E-state index contributed by atoms with van der Waals surface area (Å²) in [5, 5.41) is 13.9. The van der Waals surface area contributed by atoms with Crippen LogP contribution in [0.25, 0.3) is 0 Å². The van der Waals surface area contributed by atoms with Crippen molar-refractivity contribution in [1.29, 1.82) is 0 Å². The van der Waals surface area contributed by atoms with Gasteiger partial charge in [-0.3, -0.25) is 4.90 Å². The zero-order chi connectivity index (χ0) is 14.4. The lowest BCUT2D eigenvalue weighted by molar-refractivity contribution is 0.0907. The van der Waals surface area contributed by atoms with Gasteiger partial charge in [0.2, 0.25) is 5.13 Å². The van der Waals surface area contributed by atoms with E-state index in [0.717, 1.165) is 29.6 Å². The molecule has 0 aromatic carbocycles. The first-order valence-electron chi connectivity index (χ1n) is 8.00. The Morgan fingerprint density at radius 1 is 1.15 bits per heavy atom. The monoisotopic (exact) mass is 296 g/mol. The third kappa shape index (κ3) is 3.92. The first-order valence-corrected chi connectivity index (χ1v) is 8.81. The van der Waals surface area contributed by atoms with Gasteiger partial charge in [0, 0.05) is 6.54 Å². The third-order valence-electron chi connectivity index (χ3n) is 4.77. The first-order chi connectivity index (χ1) is 9.71. The molecule has 2 rings (SSSR count). The summed E-state index contributed by atoms with van der Waals surface area (Å²) < 4.78 is 0. The third-order valence-corrected chi connectivity index (χ3v) is 5.63. The molecule has 1 N–H and O–H groups in total. The lowest BCUT2D eigenvalue weighted by Crippen LogP contribution is -2.39. The van der Waals surface area contributed by atoms with E-state index in [2.05, 4.69) is 41.2 Å². The summed E-state index contributed by atoms with van der Waals surface area (Å²) in [5.41, 5.74) is 0.603. The summed E-state index contributed by atoms with van der Waals surface area (Å²) in [6, 6.07) is 0. The molecule has 1 saturated heterocycles. The normalized spacial score (nSPS) is 19.1. The Balaban J connectivity index is 1.82. The van der Waals surface area contributed by atoms with Crippen molar-refractivity contribution in [3.63, 3.8) is 0 Å². The lowest BCUT2D eigenvalue weighted by Gasteiger charge is -2.40. The molecule has 1 fully saturated rings. The molecule has 0 spiro atoms. The standard InChI is InChI=1S/C15H28N4S/c1-4-9-16-14-18-17-13(20-14)12-19-10-7-15(5-2,6-3)8-11-19/h4-12H2,1-3H3,(H,16,18). The van der Waals surface area contributed by atoms with Crippen LogP contribution in [0.1, 0.15) is 57.9 Å². The highest BCUT2D eigenvalue weighted by Gasteiger charge is 2.31. The van der Waals surface area contributed by atoms with Gasteiger partial charge in [0.15, 0.2) is 0 Å². The van der Waals surface area contributed by atoms with E-state index in [1.54, 1.807) is 11.3 Å². The van der Waals surface area contributed by atoms with E-state index < -0.39 is 0 Å². The van der Waals surface area contributed by atoms with E-state index in [4.69, 9.17) is 0 Å². The van der Waals surface area contributed by atoms with Gasteiger partial charge in [0.05, 0.1) is 6.54 Å². The zero-order valence-corrected chi connectivity index (χ0v) is 13.9. The second-order valence-corrected chi connectivity index (χ2v) is 6.97. The van der Waals surface area contributed by atoms with Crippen LogP contribution >= 0.6 is 11.3 Å². The molecule has 0 amide bonds. The number of likely N-dealkylation sites (tertiary alicyclic amines) is 1. The van der Waals surface area contributed by atoms with Crippen LogP contribution in [0.15, 0.2) is 0 Å². The van der Waals surface area contributed by atoms with Crippen molar-refractivity contribution in [3.05, 3.63) is 5.01 Å². The summed E-state index contributed by atoms with van der Waals surface area (Å²) in [6.07, 6.45) is 6.43. The number of aromatic nitrogens is 2. The molecule has 1 aromatic heterocycles. The quantitative estimate of drug-likeness (QED) is 0.831. The van der Waals surface area contributed by atoms with Crippen molar-refractivity contribution < 1.29 is 0 Å². The molecular formula is C15H28N4S. The summed E-state index contributed by atoms with van der Waals surface area (Å²) in [5.74, 6) is 0. The van der Waals surface area contributed by atoms with Gasteiger partial charge in [-0.1, -0.05) is 44.9 Å². The van der Waals surface area contributed by atoms with Crippen LogP contribution in [0, 0.1) is 5.41 Å². The maximum absolute atomic E-state index is 4.30. The summed E-state index contributed by atoms with van der Waals surface area (Å²) >= 11 is 1.70. The van der Waals surface area contributed by atoms with Gasteiger partial charge < -0.3 is 5.32 Å². The minimum Gasteiger partial charge on any atom is -0.360 e. The van der Waals surface area contributed by atoms with Crippen molar-refractivity contribution in [2.75, 3.05) is 25.0 Å². The van der Waals surface area contributed by atoms with Crippen LogP contribution in [0.5, 0.6) is 0 Å². The van der Waals surface area contributed by atoms with E-state index >= 15 is 0 Å². The molecule has 20 heavy (non-hydrogen) atoms. The smallest absolute Gasteiger partial charge is 0.205 e. The molecule has 5 heteroatoms. The van der Waals surface area contributed by atoms with E-state index in [1.807, 2.05) is 0 Å². The first kappa shape index (κ1) is 15.7. The lowest BCUT2D eigenvalue weighted by atomic mass is 9.74. The molecule has 1 aliphatic heterocycles. The minimum atomic E-state index is 0.603. The minimum absolute atomic E-state index is 0.603. The van der Waals surface area contributed by atoms with Crippen molar-refractivity contribution in [2.45, 2.75) is 59.4 Å². The molecule has 1 aliphatic rings. The Labute approximate surface area is 127 Å². The Kier molecular flexibility index (Phi) is 5.78. The molecule has 0 bridgehead atoms. The average Bonchev–Trinajstić information content (AvgIpc) is 2.94. The zero-order valence-electron chi connectivity index (χ0n) is 13.1. The number of hydrogen-bond acceptors (Lipinski definition) is 5. The summed E-state index contributed by atoms with van der Waals surface area (Å²) in [4.78, 5) is 2.54. The Morgan fingerprint density at radius 3 is 2.45 bits per heavy atom. The molecule has 0 radical (unpaired) electrons. The Hall–Kier alpha value is -0.680. The van der Waals surface area contributed by atoms with Gasteiger partial charge in [-0.15, -0.1) is 10.2 Å². The van der Waals surface area contributed by atoms with Gasteiger partial charge >= 0.3 is 0 Å². The molecule has 0 atom stereocenters. The van der Waals surface area contributed by atoms with Crippen LogP contribution in [0.4, 0.5) is 5.13 Å².